The lowest BCUT2D eigenvalue weighted by atomic mass is 10.0. The summed E-state index contributed by atoms with van der Waals surface area (Å²) in [4.78, 5) is 41.7. The van der Waals surface area contributed by atoms with Crippen LogP contribution < -0.4 is 5.73 Å². The van der Waals surface area contributed by atoms with Crippen molar-refractivity contribution in [3.63, 3.8) is 0 Å². The summed E-state index contributed by atoms with van der Waals surface area (Å²) >= 11 is 2.88. The predicted octanol–water partition coefficient (Wildman–Crippen LogP) is 1.78. The number of amides is 1. The van der Waals surface area contributed by atoms with Crippen LogP contribution in [0, 0.1) is 11.8 Å². The van der Waals surface area contributed by atoms with E-state index in [0.717, 1.165) is 6.54 Å². The van der Waals surface area contributed by atoms with Crippen molar-refractivity contribution in [1.82, 2.24) is 30.0 Å². The van der Waals surface area contributed by atoms with Crippen molar-refractivity contribution < 1.29 is 23.9 Å². The number of esters is 2. The van der Waals surface area contributed by atoms with Gasteiger partial charge in [0, 0.05) is 30.4 Å². The monoisotopic (exact) mass is 613 g/mol. The number of fused-ring (bicyclic) bond motifs is 1. The fourth-order valence-electron chi connectivity index (χ4n) is 3.53. The molecule has 1 aromatic heterocycles. The minimum atomic E-state index is -1.07. The number of carbonyl (C=O) groups is 3. The van der Waals surface area contributed by atoms with Crippen LogP contribution in [0.25, 0.3) is 0 Å². The normalized spacial score (nSPS) is 19.5. The fourth-order valence-corrected chi connectivity index (χ4v) is 5.87. The van der Waals surface area contributed by atoms with Crippen molar-refractivity contribution in [2.24, 2.45) is 17.6 Å². The Labute approximate surface area is 244 Å². The summed E-state index contributed by atoms with van der Waals surface area (Å²) in [5.74, 6) is -0.769. The first-order valence-corrected chi connectivity index (χ1v) is 13.9. The molecule has 0 spiro atoms. The highest BCUT2D eigenvalue weighted by Crippen LogP contribution is 2.41. The first kappa shape index (κ1) is 34.4. The van der Waals surface area contributed by atoms with Crippen LogP contribution in [0.15, 0.2) is 16.4 Å². The number of likely N-dealkylation sites (N-methyl/N-ethyl adjacent to an activating group) is 1. The van der Waals surface area contributed by atoms with E-state index in [0.29, 0.717) is 28.8 Å². The second kappa shape index (κ2) is 15.3. The lowest BCUT2D eigenvalue weighted by Crippen LogP contribution is -2.68. The third kappa shape index (κ3) is 8.46. The number of hydrogen-bond acceptors (Lipinski definition) is 12. The molecule has 1 saturated heterocycles. The Morgan fingerprint density at radius 2 is 1.89 bits per heavy atom. The Balaban J connectivity index is 0.00000361. The smallest absolute Gasteiger partial charge is 0.358 e. The van der Waals surface area contributed by atoms with E-state index >= 15 is 0 Å². The number of β-lactam (4-membered cyclic amide) rings is 1. The molecular weight excluding hydrogens is 577 g/mol. The largest absolute Gasteiger partial charge is 0.425 e. The number of thioether (sulfide) groups is 2. The van der Waals surface area contributed by atoms with Crippen LogP contribution in [-0.4, -0.2) is 97.7 Å². The zero-order valence-electron chi connectivity index (χ0n) is 22.4. The number of halogens is 2. The molecule has 0 radical (unpaired) electrons. The molecule has 3 heterocycles. The Morgan fingerprint density at radius 3 is 2.50 bits per heavy atom. The van der Waals surface area contributed by atoms with Gasteiger partial charge in [-0.05, 0) is 36.0 Å². The van der Waals surface area contributed by atoms with Crippen molar-refractivity contribution >= 4 is 66.2 Å². The maximum atomic E-state index is 13.4. The van der Waals surface area contributed by atoms with Crippen LogP contribution in [0.1, 0.15) is 34.1 Å². The molecule has 0 aliphatic carbocycles. The number of aromatic nitrogens is 4. The summed E-state index contributed by atoms with van der Waals surface area (Å²) in [6.07, 6.45) is -0.854. The standard InChI is InChI=1S/C22H35N7O5S2.2ClH/c1-12(2)9-15(30)33-21(13(3)4)34-20(32)17-14(10-35-19-16(23)18(31)29(17)19)11-36-22-24-25-26-28(22)8-7-27(5)6;;/h12-13,16,19,21H,7-11,23H2,1-6H3;2*1H/t16-,19-,21?;;/m1../s1. The molecule has 0 aromatic carbocycles. The Kier molecular flexibility index (Phi) is 13.8. The number of tetrazole rings is 1. The van der Waals surface area contributed by atoms with Gasteiger partial charge in [0.2, 0.25) is 17.4 Å². The van der Waals surface area contributed by atoms with Crippen LogP contribution in [-0.2, 0) is 30.4 Å². The molecule has 2 aliphatic heterocycles. The SMILES string of the molecule is CC(C)CC(=O)OC(OC(=O)C1=C(CSc2nnnn2CCN(C)C)CS[C@@H]2[C@H](N)C(=O)N12)C(C)C.Cl.Cl. The molecule has 12 nitrogen and oxygen atoms in total. The minimum absolute atomic E-state index is 0. The summed E-state index contributed by atoms with van der Waals surface area (Å²) < 4.78 is 12.8. The maximum Gasteiger partial charge on any atom is 0.358 e. The molecule has 38 heavy (non-hydrogen) atoms. The number of hydrogen-bond donors (Lipinski definition) is 1. The molecular formula is C22H37Cl2N7O5S2. The second-order valence-electron chi connectivity index (χ2n) is 9.77. The van der Waals surface area contributed by atoms with Gasteiger partial charge in [-0.25, -0.2) is 9.48 Å². The molecule has 16 heteroatoms. The van der Waals surface area contributed by atoms with Crippen LogP contribution in [0.5, 0.6) is 0 Å². The Bertz CT molecular complexity index is 1010. The third-order valence-corrected chi connectivity index (χ3v) is 7.91. The van der Waals surface area contributed by atoms with Gasteiger partial charge in [0.05, 0.1) is 6.54 Å². The van der Waals surface area contributed by atoms with Gasteiger partial charge in [-0.15, -0.1) is 41.7 Å². The highest BCUT2D eigenvalue weighted by molar-refractivity contribution is 8.01. The van der Waals surface area contributed by atoms with Crippen molar-refractivity contribution in [3.05, 3.63) is 11.3 Å². The molecule has 216 valence electrons. The van der Waals surface area contributed by atoms with Gasteiger partial charge in [0.1, 0.15) is 17.1 Å². The number of nitrogens with two attached hydrogens (primary N) is 1. The Hall–Kier alpha value is -1.58. The minimum Gasteiger partial charge on any atom is -0.425 e. The number of rotatable bonds is 12. The predicted molar refractivity (Wildman–Crippen MR) is 150 cm³/mol. The van der Waals surface area contributed by atoms with Gasteiger partial charge in [0.15, 0.2) is 0 Å². The second-order valence-corrected chi connectivity index (χ2v) is 11.8. The molecule has 0 bridgehead atoms. The average Bonchev–Trinajstić information content (AvgIpc) is 3.26. The lowest BCUT2D eigenvalue weighted by Gasteiger charge is -2.48. The summed E-state index contributed by atoms with van der Waals surface area (Å²) in [6, 6.07) is -0.671. The summed E-state index contributed by atoms with van der Waals surface area (Å²) in [5, 5.41) is 12.2. The van der Waals surface area contributed by atoms with E-state index in [9.17, 15) is 14.4 Å². The molecule has 2 aliphatic rings. The number of nitrogens with zero attached hydrogens (tertiary/aromatic N) is 6. The summed E-state index contributed by atoms with van der Waals surface area (Å²) in [7, 11) is 3.93. The molecule has 1 amide bonds. The quantitative estimate of drug-likeness (QED) is 0.159. The van der Waals surface area contributed by atoms with E-state index in [2.05, 4.69) is 15.5 Å². The lowest BCUT2D eigenvalue weighted by molar-refractivity contribution is -0.195. The van der Waals surface area contributed by atoms with Crippen LogP contribution in [0.4, 0.5) is 0 Å². The zero-order chi connectivity index (χ0) is 26.6. The van der Waals surface area contributed by atoms with E-state index in [-0.39, 0.29) is 60.0 Å². The number of carbonyl (C=O) groups excluding carboxylic acids is 3. The molecule has 1 unspecified atom stereocenters. The molecule has 1 fully saturated rings. The molecule has 1 aromatic rings. The highest BCUT2D eigenvalue weighted by atomic mass is 35.5. The van der Waals surface area contributed by atoms with Crippen LogP contribution in [0.3, 0.4) is 0 Å². The van der Waals surface area contributed by atoms with E-state index in [1.54, 1.807) is 18.5 Å². The first-order valence-electron chi connectivity index (χ1n) is 11.9. The van der Waals surface area contributed by atoms with Crippen LogP contribution in [0.2, 0.25) is 0 Å². The fraction of sp³-hybridized carbons (Fsp3) is 0.727. The molecule has 3 rings (SSSR count). The van der Waals surface area contributed by atoms with Gasteiger partial charge in [0.25, 0.3) is 0 Å². The van der Waals surface area contributed by atoms with Gasteiger partial charge in [-0.2, -0.15) is 0 Å². The third-order valence-electron chi connectivity index (χ3n) is 5.51. The summed E-state index contributed by atoms with van der Waals surface area (Å²) in [6.45, 7) is 8.78. The van der Waals surface area contributed by atoms with Gasteiger partial charge in [-0.3, -0.25) is 14.5 Å². The highest BCUT2D eigenvalue weighted by Gasteiger charge is 2.52. The zero-order valence-corrected chi connectivity index (χ0v) is 25.6. The summed E-state index contributed by atoms with van der Waals surface area (Å²) in [5.41, 5.74) is 6.86. The van der Waals surface area contributed by atoms with Crippen molar-refractivity contribution in [3.8, 4) is 0 Å². The molecule has 2 N–H and O–H groups in total. The van der Waals surface area contributed by atoms with Gasteiger partial charge >= 0.3 is 11.9 Å². The topological polar surface area (TPSA) is 146 Å². The van der Waals surface area contributed by atoms with E-state index in [1.807, 2.05) is 32.8 Å². The van der Waals surface area contributed by atoms with Crippen molar-refractivity contribution in [2.75, 3.05) is 32.1 Å². The van der Waals surface area contributed by atoms with Crippen molar-refractivity contribution in [1.29, 1.82) is 0 Å². The molecule has 3 atom stereocenters. The first-order chi connectivity index (χ1) is 17.0. The molecule has 0 saturated carbocycles. The average molecular weight is 615 g/mol. The van der Waals surface area contributed by atoms with Gasteiger partial charge < -0.3 is 20.1 Å². The maximum absolute atomic E-state index is 13.4. The number of ether oxygens (including phenoxy) is 2. The van der Waals surface area contributed by atoms with E-state index in [1.165, 1.54) is 28.4 Å². The van der Waals surface area contributed by atoms with Gasteiger partial charge in [-0.1, -0.05) is 39.5 Å². The van der Waals surface area contributed by atoms with E-state index < -0.39 is 24.3 Å². The Morgan fingerprint density at radius 1 is 1.21 bits per heavy atom. The van der Waals surface area contributed by atoms with E-state index in [4.69, 9.17) is 15.2 Å². The van der Waals surface area contributed by atoms with Crippen molar-refractivity contribution in [2.45, 2.75) is 63.5 Å². The van der Waals surface area contributed by atoms with Crippen LogP contribution >= 0.6 is 48.3 Å².